The predicted molar refractivity (Wildman–Crippen MR) is 77.2 cm³/mol. The Labute approximate surface area is 115 Å². The van der Waals surface area contributed by atoms with E-state index in [4.69, 9.17) is 11.6 Å². The van der Waals surface area contributed by atoms with E-state index in [9.17, 15) is 5.11 Å². The summed E-state index contributed by atoms with van der Waals surface area (Å²) in [5.74, 6) is 0.861. The fourth-order valence-corrected chi connectivity index (χ4v) is 3.00. The third-order valence-corrected chi connectivity index (χ3v) is 4.21. The Bertz CT molecular complexity index is 394. The topological polar surface area (TPSA) is 23.5 Å². The molecule has 1 unspecified atom stereocenters. The molecule has 0 saturated carbocycles. The molecule has 100 valence electrons. The van der Waals surface area contributed by atoms with Crippen LogP contribution in [-0.4, -0.2) is 18.2 Å². The maximum atomic E-state index is 9.46. The van der Waals surface area contributed by atoms with Crippen molar-refractivity contribution in [1.82, 2.24) is 0 Å². The zero-order chi connectivity index (χ0) is 13.0. The number of benzene rings is 1. The minimum Gasteiger partial charge on any atom is -0.392 e. The summed E-state index contributed by atoms with van der Waals surface area (Å²) in [5, 5.41) is 10.2. The predicted octanol–water partition coefficient (Wildman–Crippen LogP) is 3.85. The lowest BCUT2D eigenvalue weighted by atomic mass is 9.98. The fourth-order valence-electron chi connectivity index (χ4n) is 2.80. The van der Waals surface area contributed by atoms with Gasteiger partial charge >= 0.3 is 0 Å². The zero-order valence-electron chi connectivity index (χ0n) is 11.0. The summed E-state index contributed by atoms with van der Waals surface area (Å²) < 4.78 is 0. The second-order valence-corrected chi connectivity index (χ2v) is 5.56. The molecule has 0 radical (unpaired) electrons. The van der Waals surface area contributed by atoms with Crippen LogP contribution in [0.3, 0.4) is 0 Å². The Balaban J connectivity index is 2.15. The van der Waals surface area contributed by atoms with E-state index in [1.54, 1.807) is 0 Å². The molecule has 1 atom stereocenters. The Morgan fingerprint density at radius 2 is 2.17 bits per heavy atom. The summed E-state index contributed by atoms with van der Waals surface area (Å²) in [5.41, 5.74) is 2.09. The number of aliphatic hydroxyl groups is 1. The van der Waals surface area contributed by atoms with Crippen molar-refractivity contribution in [3.05, 3.63) is 28.8 Å². The molecular weight excluding hydrogens is 246 g/mol. The first-order chi connectivity index (χ1) is 8.74. The highest BCUT2D eigenvalue weighted by molar-refractivity contribution is 6.30. The number of hydrogen-bond donors (Lipinski definition) is 1. The van der Waals surface area contributed by atoms with Crippen LogP contribution in [0.15, 0.2) is 18.2 Å². The second kappa shape index (κ2) is 6.44. The van der Waals surface area contributed by atoms with E-state index in [0.717, 1.165) is 30.3 Å². The van der Waals surface area contributed by atoms with E-state index in [1.165, 1.54) is 25.7 Å². The molecule has 2 rings (SSSR count). The summed E-state index contributed by atoms with van der Waals surface area (Å²) in [4.78, 5) is 2.40. The highest BCUT2D eigenvalue weighted by atomic mass is 35.5. The molecule has 0 amide bonds. The van der Waals surface area contributed by atoms with Crippen molar-refractivity contribution in [3.63, 3.8) is 0 Å². The van der Waals surface area contributed by atoms with Crippen molar-refractivity contribution in [2.24, 2.45) is 5.92 Å². The van der Waals surface area contributed by atoms with Gasteiger partial charge in [0.05, 0.1) is 6.61 Å². The largest absolute Gasteiger partial charge is 0.392 e. The molecule has 0 aliphatic carbocycles. The maximum Gasteiger partial charge on any atom is 0.0702 e. The van der Waals surface area contributed by atoms with Crippen molar-refractivity contribution < 1.29 is 5.11 Å². The van der Waals surface area contributed by atoms with E-state index >= 15 is 0 Å². The molecule has 1 saturated heterocycles. The summed E-state index contributed by atoms with van der Waals surface area (Å²) in [7, 11) is 0. The monoisotopic (exact) mass is 267 g/mol. The van der Waals surface area contributed by atoms with Gasteiger partial charge in [0, 0.05) is 29.4 Å². The first kappa shape index (κ1) is 13.7. The van der Waals surface area contributed by atoms with Crippen molar-refractivity contribution in [2.45, 2.75) is 39.2 Å². The zero-order valence-corrected chi connectivity index (χ0v) is 11.8. The van der Waals surface area contributed by atoms with Gasteiger partial charge in [-0.25, -0.2) is 0 Å². The molecule has 0 spiro atoms. The molecule has 1 aromatic rings. The highest BCUT2D eigenvalue weighted by Gasteiger charge is 2.17. The van der Waals surface area contributed by atoms with Gasteiger partial charge in [0.15, 0.2) is 0 Å². The third-order valence-electron chi connectivity index (χ3n) is 3.98. The van der Waals surface area contributed by atoms with Gasteiger partial charge in [-0.15, -0.1) is 0 Å². The lowest BCUT2D eigenvalue weighted by molar-refractivity contribution is 0.282. The second-order valence-electron chi connectivity index (χ2n) is 5.12. The van der Waals surface area contributed by atoms with E-state index in [2.05, 4.69) is 11.8 Å². The quantitative estimate of drug-likeness (QED) is 0.899. The third kappa shape index (κ3) is 3.18. The number of aliphatic hydroxyl groups excluding tert-OH is 1. The molecular formula is C15H22ClNO. The van der Waals surface area contributed by atoms with Crippen molar-refractivity contribution in [3.8, 4) is 0 Å². The Kier molecular flexibility index (Phi) is 4.90. The summed E-state index contributed by atoms with van der Waals surface area (Å²) >= 11 is 5.98. The molecule has 1 aliphatic rings. The number of halogens is 1. The molecule has 1 heterocycles. The SMILES string of the molecule is CCC1CCCN(c2ccc(Cl)cc2CO)CC1. The minimum atomic E-state index is 0.0591. The van der Waals surface area contributed by atoms with Crippen molar-refractivity contribution in [2.75, 3.05) is 18.0 Å². The maximum absolute atomic E-state index is 9.46. The van der Waals surface area contributed by atoms with Gasteiger partial charge in [-0.05, 0) is 43.4 Å². The first-order valence-corrected chi connectivity index (χ1v) is 7.26. The van der Waals surface area contributed by atoms with Crippen LogP contribution >= 0.6 is 11.6 Å². The van der Waals surface area contributed by atoms with Gasteiger partial charge in [-0.1, -0.05) is 24.9 Å². The Morgan fingerprint density at radius 3 is 2.89 bits per heavy atom. The van der Waals surface area contributed by atoms with Gasteiger partial charge in [0.2, 0.25) is 0 Å². The molecule has 1 aliphatic heterocycles. The molecule has 0 bridgehead atoms. The molecule has 3 heteroatoms. The van der Waals surface area contributed by atoms with Crippen LogP contribution in [0.1, 0.15) is 38.2 Å². The van der Waals surface area contributed by atoms with Crippen LogP contribution in [0, 0.1) is 5.92 Å². The molecule has 0 aromatic heterocycles. The van der Waals surface area contributed by atoms with E-state index < -0.39 is 0 Å². The van der Waals surface area contributed by atoms with Crippen LogP contribution in [-0.2, 0) is 6.61 Å². The lowest BCUT2D eigenvalue weighted by Crippen LogP contribution is -2.25. The smallest absolute Gasteiger partial charge is 0.0702 e. The van der Waals surface area contributed by atoms with Crippen molar-refractivity contribution in [1.29, 1.82) is 0 Å². The average Bonchev–Trinajstić information content (AvgIpc) is 2.63. The van der Waals surface area contributed by atoms with E-state index in [1.807, 2.05) is 18.2 Å². The number of hydrogen-bond acceptors (Lipinski definition) is 2. The van der Waals surface area contributed by atoms with E-state index in [0.29, 0.717) is 5.02 Å². The molecule has 18 heavy (non-hydrogen) atoms. The van der Waals surface area contributed by atoms with Crippen LogP contribution in [0.25, 0.3) is 0 Å². The Hall–Kier alpha value is -0.730. The van der Waals surface area contributed by atoms with Crippen LogP contribution in [0.2, 0.25) is 5.02 Å². The minimum absolute atomic E-state index is 0.0591. The fraction of sp³-hybridized carbons (Fsp3) is 0.600. The molecule has 1 aromatic carbocycles. The standard InChI is InChI=1S/C15H22ClNO/c1-2-12-4-3-8-17(9-7-12)15-6-5-14(16)10-13(15)11-18/h5-6,10,12,18H,2-4,7-9,11H2,1H3. The molecule has 1 N–H and O–H groups in total. The van der Waals surface area contributed by atoms with Crippen molar-refractivity contribution >= 4 is 17.3 Å². The van der Waals surface area contributed by atoms with Crippen LogP contribution in [0.5, 0.6) is 0 Å². The first-order valence-electron chi connectivity index (χ1n) is 6.88. The van der Waals surface area contributed by atoms with Crippen LogP contribution < -0.4 is 4.90 Å². The van der Waals surface area contributed by atoms with Crippen LogP contribution in [0.4, 0.5) is 5.69 Å². The van der Waals surface area contributed by atoms with E-state index in [-0.39, 0.29) is 6.61 Å². The molecule has 1 fully saturated rings. The normalized spacial score (nSPS) is 20.8. The number of anilines is 1. The summed E-state index contributed by atoms with van der Waals surface area (Å²) in [6.45, 7) is 4.52. The van der Waals surface area contributed by atoms with Gasteiger partial charge < -0.3 is 10.0 Å². The van der Waals surface area contributed by atoms with Gasteiger partial charge in [-0.3, -0.25) is 0 Å². The summed E-state index contributed by atoms with van der Waals surface area (Å²) in [6.07, 6.45) is 5.10. The van der Waals surface area contributed by atoms with Gasteiger partial charge in [-0.2, -0.15) is 0 Å². The van der Waals surface area contributed by atoms with Gasteiger partial charge in [0.25, 0.3) is 0 Å². The number of nitrogens with zero attached hydrogens (tertiary/aromatic N) is 1. The summed E-state index contributed by atoms with van der Waals surface area (Å²) in [6, 6.07) is 5.83. The molecule has 2 nitrogen and oxygen atoms in total. The number of rotatable bonds is 3. The highest BCUT2D eigenvalue weighted by Crippen LogP contribution is 2.28. The lowest BCUT2D eigenvalue weighted by Gasteiger charge is -2.25. The Morgan fingerprint density at radius 1 is 1.33 bits per heavy atom. The van der Waals surface area contributed by atoms with Gasteiger partial charge in [0.1, 0.15) is 0 Å². The average molecular weight is 268 g/mol.